The molecule has 0 bridgehead atoms. The molecule has 2 heteroatoms. The molecule has 0 fully saturated rings. The molecule has 12 rings (SSSR count). The zero-order chi connectivity index (χ0) is 41.0. The van der Waals surface area contributed by atoms with Gasteiger partial charge in [-0.15, -0.1) is 0 Å². The van der Waals surface area contributed by atoms with Crippen LogP contribution >= 0.6 is 0 Å². The maximum absolute atomic E-state index is 2.42. The molecule has 62 heavy (non-hydrogen) atoms. The van der Waals surface area contributed by atoms with E-state index in [1.807, 2.05) is 0 Å². The van der Waals surface area contributed by atoms with Gasteiger partial charge in [-0.25, -0.2) is 0 Å². The summed E-state index contributed by atoms with van der Waals surface area (Å²) < 4.78 is 2.42. The molecule has 0 amide bonds. The highest BCUT2D eigenvalue weighted by Gasteiger charge is 2.20. The fraction of sp³-hybridized carbons (Fsp3) is 0. The first-order chi connectivity index (χ1) is 30.8. The fourth-order valence-electron chi connectivity index (χ4n) is 9.68. The predicted molar refractivity (Wildman–Crippen MR) is 264 cm³/mol. The summed E-state index contributed by atoms with van der Waals surface area (Å²) >= 11 is 0. The average molecular weight is 789 g/mol. The zero-order valence-corrected chi connectivity index (χ0v) is 34.0. The third-order valence-corrected chi connectivity index (χ3v) is 12.6. The summed E-state index contributed by atoms with van der Waals surface area (Å²) in [5, 5.41) is 10.2. The van der Waals surface area contributed by atoms with Crippen molar-refractivity contribution in [3.05, 3.63) is 243 Å². The van der Waals surface area contributed by atoms with Gasteiger partial charge in [-0.2, -0.15) is 0 Å². The molecule has 0 spiro atoms. The molecule has 0 aliphatic rings. The molecule has 1 aromatic heterocycles. The Labute approximate surface area is 360 Å². The molecule has 290 valence electrons. The first-order valence-corrected chi connectivity index (χ1v) is 21.3. The minimum absolute atomic E-state index is 1.08. The van der Waals surface area contributed by atoms with Crippen molar-refractivity contribution < 1.29 is 0 Å². The Morgan fingerprint density at radius 3 is 1.63 bits per heavy atom. The summed E-state index contributed by atoms with van der Waals surface area (Å²) in [4.78, 5) is 2.41. The summed E-state index contributed by atoms with van der Waals surface area (Å²) in [6.45, 7) is 0. The van der Waals surface area contributed by atoms with Gasteiger partial charge in [-0.1, -0.05) is 188 Å². The highest BCUT2D eigenvalue weighted by atomic mass is 15.1. The van der Waals surface area contributed by atoms with E-state index in [1.54, 1.807) is 0 Å². The number of benzene rings is 11. The molecule has 0 radical (unpaired) electrons. The monoisotopic (exact) mass is 788 g/mol. The second kappa shape index (κ2) is 14.8. The van der Waals surface area contributed by atoms with Crippen LogP contribution in [0.4, 0.5) is 17.1 Å². The molecule has 0 saturated heterocycles. The molecule has 0 N–H and O–H groups in total. The third-order valence-electron chi connectivity index (χ3n) is 12.6. The Balaban J connectivity index is 0.990. The largest absolute Gasteiger partial charge is 0.310 e. The van der Waals surface area contributed by atoms with Crippen molar-refractivity contribution in [2.45, 2.75) is 0 Å². The van der Waals surface area contributed by atoms with E-state index in [0.29, 0.717) is 0 Å². The van der Waals surface area contributed by atoms with Crippen LogP contribution in [-0.2, 0) is 0 Å². The lowest BCUT2D eigenvalue weighted by Crippen LogP contribution is -2.11. The fourth-order valence-corrected chi connectivity index (χ4v) is 9.68. The van der Waals surface area contributed by atoms with Crippen LogP contribution in [0.1, 0.15) is 0 Å². The van der Waals surface area contributed by atoms with Crippen molar-refractivity contribution in [2.75, 3.05) is 4.90 Å². The molecule has 12 aromatic rings. The summed E-state index contributed by atoms with van der Waals surface area (Å²) in [7, 11) is 0. The Hall–Kier alpha value is -8.20. The Bertz CT molecular complexity index is 3580. The van der Waals surface area contributed by atoms with Crippen molar-refractivity contribution in [3.8, 4) is 39.1 Å². The van der Waals surface area contributed by atoms with Gasteiger partial charge in [0.1, 0.15) is 0 Å². The van der Waals surface area contributed by atoms with Crippen LogP contribution in [0.3, 0.4) is 0 Å². The van der Waals surface area contributed by atoms with E-state index in [2.05, 4.69) is 252 Å². The van der Waals surface area contributed by atoms with E-state index < -0.39 is 0 Å². The van der Waals surface area contributed by atoms with Gasteiger partial charge in [0.05, 0.1) is 22.4 Å². The van der Waals surface area contributed by atoms with Gasteiger partial charge in [0, 0.05) is 33.3 Å². The number of fused-ring (bicyclic) bond motifs is 8. The normalized spacial score (nSPS) is 11.5. The van der Waals surface area contributed by atoms with Crippen LogP contribution in [0.2, 0.25) is 0 Å². The highest BCUT2D eigenvalue weighted by molar-refractivity contribution is 6.20. The molecular formula is C60H40N2. The minimum Gasteiger partial charge on any atom is -0.310 e. The SMILES string of the molecule is c1ccc(-c2ccccc2N(c2ccc(-c3ccccc3-n3c4ccccc4c4ccccc43)cc2)c2cccc(-c3ccc4c(ccc5ccc6ccccc6c54)c3)c2)cc1. The van der Waals surface area contributed by atoms with Crippen LogP contribution in [0.15, 0.2) is 243 Å². The summed E-state index contributed by atoms with van der Waals surface area (Å²) in [5.74, 6) is 0. The van der Waals surface area contributed by atoms with Crippen LogP contribution in [0, 0.1) is 0 Å². The lowest BCUT2D eigenvalue weighted by atomic mass is 9.94. The van der Waals surface area contributed by atoms with Crippen molar-refractivity contribution >= 4 is 71.2 Å². The number of anilines is 3. The van der Waals surface area contributed by atoms with E-state index in [-0.39, 0.29) is 0 Å². The van der Waals surface area contributed by atoms with Crippen molar-refractivity contribution in [3.63, 3.8) is 0 Å². The predicted octanol–water partition coefficient (Wildman–Crippen LogP) is 16.7. The Kier molecular flexibility index (Phi) is 8.53. The smallest absolute Gasteiger partial charge is 0.0541 e. The lowest BCUT2D eigenvalue weighted by molar-refractivity contribution is 1.18. The number of para-hydroxylation sites is 4. The second-order valence-electron chi connectivity index (χ2n) is 16.1. The van der Waals surface area contributed by atoms with Gasteiger partial charge >= 0.3 is 0 Å². The quantitative estimate of drug-likeness (QED) is 0.146. The van der Waals surface area contributed by atoms with Crippen molar-refractivity contribution in [2.24, 2.45) is 0 Å². The standard InChI is InChI=1S/C60H40N2/c1-2-15-41(16-3-1)50-20-6-10-25-56(50)61(49-19-14-18-45(40-49)46-35-38-53-47(39-46)32-31-44-30-29-42-17-4-5-22-52(42)60(44)53)48-36-33-43(34-37-48)51-21-7-11-26-57(51)62-58-27-12-8-23-54(58)55-24-9-13-28-59(55)62/h1-40H. The molecule has 2 nitrogen and oxygen atoms in total. The number of hydrogen-bond acceptors (Lipinski definition) is 1. The lowest BCUT2D eigenvalue weighted by Gasteiger charge is -2.28. The first kappa shape index (κ1) is 35.7. The number of aromatic nitrogens is 1. The van der Waals surface area contributed by atoms with E-state index >= 15 is 0 Å². The van der Waals surface area contributed by atoms with Gasteiger partial charge < -0.3 is 9.47 Å². The minimum atomic E-state index is 1.08. The molecule has 0 unspecified atom stereocenters. The van der Waals surface area contributed by atoms with Gasteiger partial charge in [0.15, 0.2) is 0 Å². The van der Waals surface area contributed by atoms with Gasteiger partial charge in [-0.05, 0) is 109 Å². The number of rotatable bonds is 7. The average Bonchev–Trinajstić information content (AvgIpc) is 3.69. The molecule has 0 atom stereocenters. The van der Waals surface area contributed by atoms with Gasteiger partial charge in [-0.3, -0.25) is 0 Å². The summed E-state index contributed by atoms with van der Waals surface area (Å²) in [6.07, 6.45) is 0. The zero-order valence-electron chi connectivity index (χ0n) is 34.0. The molecule has 11 aromatic carbocycles. The van der Waals surface area contributed by atoms with E-state index in [9.17, 15) is 0 Å². The summed E-state index contributed by atoms with van der Waals surface area (Å²) in [6, 6.07) is 88.4. The van der Waals surface area contributed by atoms with E-state index in [4.69, 9.17) is 0 Å². The van der Waals surface area contributed by atoms with Gasteiger partial charge in [0.25, 0.3) is 0 Å². The van der Waals surface area contributed by atoms with Crippen LogP contribution in [0.25, 0.3) is 93.2 Å². The molecular weight excluding hydrogens is 749 g/mol. The molecule has 0 aliphatic heterocycles. The van der Waals surface area contributed by atoms with Crippen molar-refractivity contribution in [1.29, 1.82) is 0 Å². The van der Waals surface area contributed by atoms with Crippen LogP contribution in [0.5, 0.6) is 0 Å². The van der Waals surface area contributed by atoms with Crippen molar-refractivity contribution in [1.82, 2.24) is 4.57 Å². The summed E-state index contributed by atoms with van der Waals surface area (Å²) in [5.41, 5.74) is 13.9. The number of hydrogen-bond donors (Lipinski definition) is 0. The van der Waals surface area contributed by atoms with E-state index in [1.165, 1.54) is 81.9 Å². The Morgan fingerprint density at radius 2 is 0.839 bits per heavy atom. The molecule has 1 heterocycles. The third kappa shape index (κ3) is 5.96. The highest BCUT2D eigenvalue weighted by Crippen LogP contribution is 2.44. The number of nitrogens with zero attached hydrogens (tertiary/aromatic N) is 2. The molecule has 0 aliphatic carbocycles. The molecule has 0 saturated carbocycles. The second-order valence-corrected chi connectivity index (χ2v) is 16.1. The first-order valence-electron chi connectivity index (χ1n) is 21.3. The van der Waals surface area contributed by atoms with Crippen LogP contribution in [-0.4, -0.2) is 4.57 Å². The Morgan fingerprint density at radius 1 is 0.290 bits per heavy atom. The van der Waals surface area contributed by atoms with Gasteiger partial charge in [0.2, 0.25) is 0 Å². The topological polar surface area (TPSA) is 8.17 Å². The van der Waals surface area contributed by atoms with E-state index in [0.717, 1.165) is 28.3 Å². The maximum Gasteiger partial charge on any atom is 0.0541 e. The van der Waals surface area contributed by atoms with Crippen LogP contribution < -0.4 is 4.90 Å². The maximum atomic E-state index is 2.42.